The number of hydrogen-bond donors (Lipinski definition) is 2. The zero-order valence-electron chi connectivity index (χ0n) is 6.81. The Labute approximate surface area is 75.6 Å². The second kappa shape index (κ2) is 5.02. The van der Waals surface area contributed by atoms with Gasteiger partial charge in [-0.3, -0.25) is 0 Å². The number of nitrogens with two attached hydrogens (primary N) is 2. The van der Waals surface area contributed by atoms with Crippen LogP contribution in [-0.2, 0) is 0 Å². The highest BCUT2D eigenvalue weighted by Gasteiger charge is 2.06. The first-order chi connectivity index (χ1) is 5.88. The second-order valence-corrected chi connectivity index (χ2v) is 3.05. The van der Waals surface area contributed by atoms with Gasteiger partial charge in [-0.2, -0.15) is 4.37 Å². The predicted octanol–water partition coefficient (Wildman–Crippen LogP) is -0.738. The van der Waals surface area contributed by atoms with Gasteiger partial charge in [0.15, 0.2) is 0 Å². The molecule has 6 heteroatoms. The van der Waals surface area contributed by atoms with E-state index in [-0.39, 0.29) is 0 Å². The Balaban J connectivity index is 2.53. The molecule has 0 fully saturated rings. The summed E-state index contributed by atoms with van der Waals surface area (Å²) >= 11 is 1.36. The van der Waals surface area contributed by atoms with E-state index in [1.54, 1.807) is 6.33 Å². The van der Waals surface area contributed by atoms with E-state index in [9.17, 15) is 0 Å². The molecule has 0 aliphatic carbocycles. The van der Waals surface area contributed by atoms with E-state index < -0.39 is 0 Å². The van der Waals surface area contributed by atoms with E-state index in [0.717, 1.165) is 18.2 Å². The minimum atomic E-state index is 0.611. The molecule has 0 amide bonds. The molecule has 4 N–H and O–H groups in total. The van der Waals surface area contributed by atoms with E-state index >= 15 is 0 Å². The van der Waals surface area contributed by atoms with Crippen LogP contribution in [0.5, 0.6) is 0 Å². The molecule has 0 unspecified atom stereocenters. The minimum Gasteiger partial charge on any atom is -0.344 e. The van der Waals surface area contributed by atoms with Gasteiger partial charge in [0, 0.05) is 37.7 Å². The standard InChI is InChI=1S/C6H13N5S/c7-1-3-11(4-2-8)6-9-5-10-12-6/h5H,1-4,7-8H2. The molecule has 1 rings (SSSR count). The first kappa shape index (κ1) is 9.37. The lowest BCUT2D eigenvalue weighted by atomic mass is 10.5. The second-order valence-electron chi connectivity index (χ2n) is 2.29. The molecule has 68 valence electrons. The largest absolute Gasteiger partial charge is 0.344 e. The third-order valence-electron chi connectivity index (χ3n) is 1.42. The summed E-state index contributed by atoms with van der Waals surface area (Å²) in [5, 5.41) is 0.894. The van der Waals surface area contributed by atoms with Crippen LogP contribution in [0.1, 0.15) is 0 Å². The molecule has 0 saturated carbocycles. The van der Waals surface area contributed by atoms with Crippen LogP contribution in [0.25, 0.3) is 0 Å². The summed E-state index contributed by atoms with van der Waals surface area (Å²) < 4.78 is 3.91. The van der Waals surface area contributed by atoms with Crippen molar-refractivity contribution in [1.82, 2.24) is 9.36 Å². The molecule has 0 spiro atoms. The number of anilines is 1. The molecule has 0 aromatic carbocycles. The number of aromatic nitrogens is 2. The molecular weight excluding hydrogens is 174 g/mol. The Morgan fingerprint density at radius 3 is 2.42 bits per heavy atom. The smallest absolute Gasteiger partial charge is 0.205 e. The van der Waals surface area contributed by atoms with Crippen LogP contribution >= 0.6 is 11.5 Å². The first-order valence-corrected chi connectivity index (χ1v) is 4.57. The quantitative estimate of drug-likeness (QED) is 0.634. The Bertz CT molecular complexity index is 194. The molecule has 0 bridgehead atoms. The van der Waals surface area contributed by atoms with E-state index in [1.165, 1.54) is 11.5 Å². The summed E-state index contributed by atoms with van der Waals surface area (Å²) in [6.07, 6.45) is 1.54. The zero-order valence-corrected chi connectivity index (χ0v) is 7.63. The van der Waals surface area contributed by atoms with Crippen LogP contribution in [0, 0.1) is 0 Å². The predicted molar refractivity (Wildman–Crippen MR) is 50.2 cm³/mol. The summed E-state index contributed by atoms with van der Waals surface area (Å²) in [6, 6.07) is 0. The molecule has 1 aromatic heterocycles. The maximum atomic E-state index is 5.44. The van der Waals surface area contributed by atoms with Crippen LogP contribution in [0.4, 0.5) is 5.13 Å². The Hall–Kier alpha value is -0.720. The summed E-state index contributed by atoms with van der Waals surface area (Å²) in [5.74, 6) is 0. The van der Waals surface area contributed by atoms with Gasteiger partial charge in [-0.25, -0.2) is 4.98 Å². The van der Waals surface area contributed by atoms with Crippen molar-refractivity contribution in [3.05, 3.63) is 6.33 Å². The van der Waals surface area contributed by atoms with Gasteiger partial charge in [0.05, 0.1) is 0 Å². The molecule has 0 aliphatic heterocycles. The van der Waals surface area contributed by atoms with Crippen molar-refractivity contribution < 1.29 is 0 Å². The van der Waals surface area contributed by atoms with Crippen molar-refractivity contribution in [1.29, 1.82) is 0 Å². The SMILES string of the molecule is NCCN(CCN)c1ncns1. The lowest BCUT2D eigenvalue weighted by Crippen LogP contribution is -2.33. The highest BCUT2D eigenvalue weighted by atomic mass is 32.1. The fourth-order valence-electron chi connectivity index (χ4n) is 0.921. The fraction of sp³-hybridized carbons (Fsp3) is 0.667. The lowest BCUT2D eigenvalue weighted by Gasteiger charge is -2.18. The highest BCUT2D eigenvalue weighted by molar-refractivity contribution is 7.09. The molecule has 0 saturated heterocycles. The van der Waals surface area contributed by atoms with Gasteiger partial charge in [0.1, 0.15) is 6.33 Å². The van der Waals surface area contributed by atoms with E-state index in [0.29, 0.717) is 13.1 Å². The average molecular weight is 187 g/mol. The van der Waals surface area contributed by atoms with Crippen molar-refractivity contribution in [2.45, 2.75) is 0 Å². The number of rotatable bonds is 5. The van der Waals surface area contributed by atoms with E-state index in [2.05, 4.69) is 9.36 Å². The van der Waals surface area contributed by atoms with E-state index in [1.807, 2.05) is 4.90 Å². The summed E-state index contributed by atoms with van der Waals surface area (Å²) in [5.41, 5.74) is 10.9. The van der Waals surface area contributed by atoms with Gasteiger partial charge in [0.25, 0.3) is 0 Å². The highest BCUT2D eigenvalue weighted by Crippen LogP contribution is 2.12. The normalized spacial score (nSPS) is 10.2. The van der Waals surface area contributed by atoms with Crippen LogP contribution in [-0.4, -0.2) is 35.5 Å². The van der Waals surface area contributed by atoms with Crippen molar-refractivity contribution in [2.24, 2.45) is 11.5 Å². The van der Waals surface area contributed by atoms with Crippen molar-refractivity contribution in [3.8, 4) is 0 Å². The van der Waals surface area contributed by atoms with Crippen LogP contribution < -0.4 is 16.4 Å². The van der Waals surface area contributed by atoms with Gasteiger partial charge >= 0.3 is 0 Å². The summed E-state index contributed by atoms with van der Waals surface area (Å²) in [4.78, 5) is 6.12. The van der Waals surface area contributed by atoms with Crippen LogP contribution in [0.2, 0.25) is 0 Å². The molecule has 0 radical (unpaired) electrons. The van der Waals surface area contributed by atoms with Gasteiger partial charge in [-0.1, -0.05) is 0 Å². The van der Waals surface area contributed by atoms with Gasteiger partial charge in [-0.15, -0.1) is 0 Å². The van der Waals surface area contributed by atoms with Crippen molar-refractivity contribution >= 4 is 16.7 Å². The average Bonchev–Trinajstić information content (AvgIpc) is 2.56. The third kappa shape index (κ3) is 2.40. The molecule has 0 aliphatic rings. The van der Waals surface area contributed by atoms with Crippen molar-refractivity contribution in [3.63, 3.8) is 0 Å². The summed E-state index contributed by atoms with van der Waals surface area (Å²) in [7, 11) is 0. The van der Waals surface area contributed by atoms with Crippen LogP contribution in [0.3, 0.4) is 0 Å². The van der Waals surface area contributed by atoms with Gasteiger partial charge in [-0.05, 0) is 0 Å². The molecule has 1 heterocycles. The Morgan fingerprint density at radius 1 is 1.33 bits per heavy atom. The molecule has 0 atom stereocenters. The first-order valence-electron chi connectivity index (χ1n) is 3.80. The maximum Gasteiger partial charge on any atom is 0.205 e. The lowest BCUT2D eigenvalue weighted by molar-refractivity contribution is 0.779. The number of nitrogens with zero attached hydrogens (tertiary/aromatic N) is 3. The Kier molecular flexibility index (Phi) is 3.92. The number of hydrogen-bond acceptors (Lipinski definition) is 6. The third-order valence-corrected chi connectivity index (χ3v) is 2.14. The topological polar surface area (TPSA) is 81.1 Å². The minimum absolute atomic E-state index is 0.611. The Morgan fingerprint density at radius 2 is 2.00 bits per heavy atom. The van der Waals surface area contributed by atoms with E-state index in [4.69, 9.17) is 11.5 Å². The van der Waals surface area contributed by atoms with Gasteiger partial charge < -0.3 is 16.4 Å². The maximum absolute atomic E-state index is 5.44. The fourth-order valence-corrected chi connectivity index (χ4v) is 1.50. The molecular formula is C6H13N5S. The molecule has 1 aromatic rings. The molecule has 5 nitrogen and oxygen atoms in total. The summed E-state index contributed by atoms with van der Waals surface area (Å²) in [6.45, 7) is 2.79. The zero-order chi connectivity index (χ0) is 8.81. The van der Waals surface area contributed by atoms with Crippen molar-refractivity contribution in [2.75, 3.05) is 31.1 Å². The van der Waals surface area contributed by atoms with Gasteiger partial charge in [0.2, 0.25) is 5.13 Å². The molecule has 12 heavy (non-hydrogen) atoms. The monoisotopic (exact) mass is 187 g/mol. The van der Waals surface area contributed by atoms with Crippen LogP contribution in [0.15, 0.2) is 6.33 Å².